The third-order valence-electron chi connectivity index (χ3n) is 4.28. The zero-order valence-corrected chi connectivity index (χ0v) is 13.8. The molecular formula is C15H16BrClN2O2. The van der Waals surface area contributed by atoms with Gasteiger partial charge in [0.15, 0.2) is 0 Å². The number of nitrogens with zero attached hydrogens (tertiary/aromatic N) is 1. The van der Waals surface area contributed by atoms with Crippen molar-refractivity contribution in [3.8, 4) is 0 Å². The molecule has 3 rings (SSSR count). The molecule has 2 aliphatic rings. The van der Waals surface area contributed by atoms with Crippen LogP contribution in [0.25, 0.3) is 0 Å². The molecule has 1 N–H and O–H groups in total. The summed E-state index contributed by atoms with van der Waals surface area (Å²) in [6.07, 6.45) is 2.26. The lowest BCUT2D eigenvalue weighted by Gasteiger charge is -2.41. The summed E-state index contributed by atoms with van der Waals surface area (Å²) in [5.74, 6) is 0.538. The quantitative estimate of drug-likeness (QED) is 0.825. The van der Waals surface area contributed by atoms with Gasteiger partial charge in [-0.1, -0.05) is 11.6 Å². The molecule has 112 valence electrons. The molecule has 2 fully saturated rings. The largest absolute Gasteiger partial charge is 0.353 e. The van der Waals surface area contributed by atoms with E-state index in [1.807, 2.05) is 4.90 Å². The fourth-order valence-electron chi connectivity index (χ4n) is 3.11. The third kappa shape index (κ3) is 3.09. The molecule has 4 nitrogen and oxygen atoms in total. The molecule has 2 aliphatic heterocycles. The average Bonchev–Trinajstić information content (AvgIpc) is 2.49. The van der Waals surface area contributed by atoms with Crippen molar-refractivity contribution in [2.75, 3.05) is 13.1 Å². The second kappa shape index (κ2) is 5.97. The maximum Gasteiger partial charge on any atom is 0.253 e. The second-order valence-corrected chi connectivity index (χ2v) is 6.90. The van der Waals surface area contributed by atoms with Gasteiger partial charge >= 0.3 is 0 Å². The Morgan fingerprint density at radius 3 is 2.95 bits per heavy atom. The minimum absolute atomic E-state index is 0.0303. The molecule has 0 saturated carbocycles. The number of hydrogen-bond donors (Lipinski definition) is 1. The van der Waals surface area contributed by atoms with Crippen molar-refractivity contribution in [1.82, 2.24) is 10.2 Å². The number of likely N-dealkylation sites (tertiary alicyclic amines) is 1. The normalized spacial score (nSPS) is 25.2. The Morgan fingerprint density at radius 1 is 1.38 bits per heavy atom. The number of rotatable bonds is 1. The number of hydrogen-bond acceptors (Lipinski definition) is 2. The molecule has 0 aromatic heterocycles. The summed E-state index contributed by atoms with van der Waals surface area (Å²) in [6.45, 7) is 1.39. The number of halogens is 2. The molecule has 2 atom stereocenters. The molecular weight excluding hydrogens is 356 g/mol. The van der Waals surface area contributed by atoms with Gasteiger partial charge in [0, 0.05) is 35.6 Å². The molecule has 2 unspecified atom stereocenters. The van der Waals surface area contributed by atoms with Crippen LogP contribution < -0.4 is 5.32 Å². The van der Waals surface area contributed by atoms with Crippen molar-refractivity contribution in [2.24, 2.45) is 5.92 Å². The van der Waals surface area contributed by atoms with Crippen LogP contribution in [0, 0.1) is 5.92 Å². The van der Waals surface area contributed by atoms with Gasteiger partial charge in [-0.2, -0.15) is 0 Å². The predicted molar refractivity (Wildman–Crippen MR) is 84.3 cm³/mol. The van der Waals surface area contributed by atoms with Crippen molar-refractivity contribution in [1.29, 1.82) is 0 Å². The smallest absolute Gasteiger partial charge is 0.253 e. The Balaban J connectivity index is 1.71. The van der Waals surface area contributed by atoms with Crippen LogP contribution in [0.4, 0.5) is 0 Å². The minimum atomic E-state index is 0.0303. The summed E-state index contributed by atoms with van der Waals surface area (Å²) in [5.41, 5.74) is 0.643. The zero-order chi connectivity index (χ0) is 15.0. The average molecular weight is 372 g/mol. The summed E-state index contributed by atoms with van der Waals surface area (Å²) in [7, 11) is 0. The topological polar surface area (TPSA) is 49.4 Å². The van der Waals surface area contributed by atoms with Crippen molar-refractivity contribution >= 4 is 39.3 Å². The van der Waals surface area contributed by atoms with Gasteiger partial charge in [-0.15, -0.1) is 0 Å². The van der Waals surface area contributed by atoms with Gasteiger partial charge < -0.3 is 10.2 Å². The highest BCUT2D eigenvalue weighted by atomic mass is 79.9. The Kier molecular flexibility index (Phi) is 4.22. The maximum atomic E-state index is 12.6. The van der Waals surface area contributed by atoms with Crippen molar-refractivity contribution in [3.05, 3.63) is 33.3 Å². The standard InChI is InChI=1S/C15H16BrClN2O2/c16-11-7-9(1-3-12(11)17)15(21)19-6-5-13-10(8-19)2-4-14(20)18-13/h1,3,7,10,13H,2,4-6,8H2,(H,18,20). The van der Waals surface area contributed by atoms with E-state index in [2.05, 4.69) is 21.2 Å². The summed E-state index contributed by atoms with van der Waals surface area (Å²) in [5, 5.41) is 3.63. The summed E-state index contributed by atoms with van der Waals surface area (Å²) < 4.78 is 0.731. The first-order valence-corrected chi connectivity index (χ1v) is 8.25. The van der Waals surface area contributed by atoms with E-state index >= 15 is 0 Å². The van der Waals surface area contributed by atoms with Gasteiger partial charge in [0.25, 0.3) is 5.91 Å². The number of nitrogens with one attached hydrogen (secondary N) is 1. The van der Waals surface area contributed by atoms with Crippen LogP contribution in [0.5, 0.6) is 0 Å². The Bertz CT molecular complexity index is 593. The molecule has 2 heterocycles. The fraction of sp³-hybridized carbons (Fsp3) is 0.467. The molecule has 0 bridgehead atoms. The van der Waals surface area contributed by atoms with E-state index in [0.29, 0.717) is 36.0 Å². The lowest BCUT2D eigenvalue weighted by molar-refractivity contribution is -0.125. The van der Waals surface area contributed by atoms with E-state index in [1.54, 1.807) is 18.2 Å². The van der Waals surface area contributed by atoms with E-state index in [9.17, 15) is 9.59 Å². The monoisotopic (exact) mass is 370 g/mol. The van der Waals surface area contributed by atoms with Gasteiger partial charge in [0.05, 0.1) is 5.02 Å². The number of carbonyl (C=O) groups excluding carboxylic acids is 2. The SMILES string of the molecule is O=C1CCC2CN(C(=O)c3ccc(Cl)c(Br)c3)CCC2N1. The molecule has 21 heavy (non-hydrogen) atoms. The molecule has 0 aliphatic carbocycles. The van der Waals surface area contributed by atoms with Crippen LogP contribution in [0.15, 0.2) is 22.7 Å². The summed E-state index contributed by atoms with van der Waals surface area (Å²) in [4.78, 5) is 25.9. The number of fused-ring (bicyclic) bond motifs is 1. The molecule has 2 saturated heterocycles. The van der Waals surface area contributed by atoms with E-state index in [-0.39, 0.29) is 17.9 Å². The van der Waals surface area contributed by atoms with Crippen LogP contribution >= 0.6 is 27.5 Å². The number of piperidine rings is 2. The minimum Gasteiger partial charge on any atom is -0.353 e. The van der Waals surface area contributed by atoms with Crippen LogP contribution in [-0.4, -0.2) is 35.8 Å². The molecule has 1 aromatic carbocycles. The van der Waals surface area contributed by atoms with Crippen LogP contribution in [0.2, 0.25) is 5.02 Å². The molecule has 0 spiro atoms. The summed E-state index contributed by atoms with van der Waals surface area (Å²) >= 11 is 9.31. The number of benzene rings is 1. The fourth-order valence-corrected chi connectivity index (χ4v) is 3.60. The van der Waals surface area contributed by atoms with Crippen molar-refractivity contribution < 1.29 is 9.59 Å². The zero-order valence-electron chi connectivity index (χ0n) is 11.4. The van der Waals surface area contributed by atoms with Gasteiger partial charge in [0.2, 0.25) is 5.91 Å². The lowest BCUT2D eigenvalue weighted by atomic mass is 9.85. The molecule has 6 heteroatoms. The van der Waals surface area contributed by atoms with Gasteiger partial charge in [-0.25, -0.2) is 0 Å². The van der Waals surface area contributed by atoms with Gasteiger partial charge in [-0.3, -0.25) is 9.59 Å². The van der Waals surface area contributed by atoms with E-state index < -0.39 is 0 Å². The number of carbonyl (C=O) groups is 2. The molecule has 1 aromatic rings. The first kappa shape index (κ1) is 14.9. The highest BCUT2D eigenvalue weighted by molar-refractivity contribution is 9.10. The highest BCUT2D eigenvalue weighted by Gasteiger charge is 2.35. The van der Waals surface area contributed by atoms with Crippen molar-refractivity contribution in [2.45, 2.75) is 25.3 Å². The molecule has 0 radical (unpaired) electrons. The Hall–Kier alpha value is -1.07. The predicted octanol–water partition coefficient (Wildman–Crippen LogP) is 2.84. The van der Waals surface area contributed by atoms with Gasteiger partial charge in [-0.05, 0) is 52.9 Å². The summed E-state index contributed by atoms with van der Waals surface area (Å²) in [6, 6.07) is 5.47. The molecule has 2 amide bonds. The number of amides is 2. The Morgan fingerprint density at radius 2 is 2.19 bits per heavy atom. The highest BCUT2D eigenvalue weighted by Crippen LogP contribution is 2.28. The van der Waals surface area contributed by atoms with E-state index in [1.165, 1.54) is 0 Å². The lowest BCUT2D eigenvalue weighted by Crippen LogP contribution is -2.55. The van der Waals surface area contributed by atoms with E-state index in [0.717, 1.165) is 17.3 Å². The Labute approximate surface area is 137 Å². The van der Waals surface area contributed by atoms with Crippen molar-refractivity contribution in [3.63, 3.8) is 0 Å². The first-order chi connectivity index (χ1) is 10.0. The third-order valence-corrected chi connectivity index (χ3v) is 5.49. The first-order valence-electron chi connectivity index (χ1n) is 7.08. The second-order valence-electron chi connectivity index (χ2n) is 5.64. The van der Waals surface area contributed by atoms with E-state index in [4.69, 9.17) is 11.6 Å². The van der Waals surface area contributed by atoms with Crippen LogP contribution in [0.3, 0.4) is 0 Å². The maximum absolute atomic E-state index is 12.6. The van der Waals surface area contributed by atoms with Crippen LogP contribution in [-0.2, 0) is 4.79 Å². The van der Waals surface area contributed by atoms with Gasteiger partial charge in [0.1, 0.15) is 0 Å². The van der Waals surface area contributed by atoms with Crippen LogP contribution in [0.1, 0.15) is 29.6 Å².